The van der Waals surface area contributed by atoms with Crippen molar-refractivity contribution in [1.82, 2.24) is 15.5 Å². The second-order valence-corrected chi connectivity index (χ2v) is 6.33. The van der Waals surface area contributed by atoms with Crippen molar-refractivity contribution >= 4 is 17.9 Å². The fourth-order valence-corrected chi connectivity index (χ4v) is 2.51. The summed E-state index contributed by atoms with van der Waals surface area (Å²) in [7, 11) is 0. The topological polar surface area (TPSA) is 87.7 Å². The molecule has 132 valence electrons. The lowest BCUT2D eigenvalue weighted by atomic mass is 9.96. The van der Waals surface area contributed by atoms with Crippen LogP contribution in [0.2, 0.25) is 0 Å². The summed E-state index contributed by atoms with van der Waals surface area (Å²) in [5.41, 5.74) is 0. The molecule has 23 heavy (non-hydrogen) atoms. The molecule has 1 aliphatic rings. The second-order valence-electron chi connectivity index (χ2n) is 6.33. The monoisotopic (exact) mass is 327 g/mol. The van der Waals surface area contributed by atoms with Crippen LogP contribution in [-0.2, 0) is 14.3 Å². The summed E-state index contributed by atoms with van der Waals surface area (Å²) in [5, 5.41) is 5.02. The molecule has 1 atom stereocenters. The molecule has 0 aromatic rings. The molecule has 1 aliphatic heterocycles. The summed E-state index contributed by atoms with van der Waals surface area (Å²) >= 11 is 0. The number of carbonyl (C=O) groups is 3. The van der Waals surface area contributed by atoms with E-state index in [0.29, 0.717) is 45.0 Å². The van der Waals surface area contributed by atoms with E-state index in [1.54, 1.807) is 13.8 Å². The largest absolute Gasteiger partial charge is 0.466 e. The van der Waals surface area contributed by atoms with Gasteiger partial charge in [-0.15, -0.1) is 0 Å². The van der Waals surface area contributed by atoms with Gasteiger partial charge >= 0.3 is 12.0 Å². The SMILES string of the molecule is CCOC(=O)C1CCN(C(C)C(=O)NC(=O)NCC(C)C)CC1. The molecule has 3 amide bonds. The van der Waals surface area contributed by atoms with Crippen molar-refractivity contribution in [3.8, 4) is 0 Å². The summed E-state index contributed by atoms with van der Waals surface area (Å²) in [6.45, 7) is 9.75. The standard InChI is InChI=1S/C16H29N3O4/c1-5-23-15(21)13-6-8-19(9-7-13)12(4)14(20)18-16(22)17-10-11(2)3/h11-13H,5-10H2,1-4H3,(H2,17,18,20,22). The van der Waals surface area contributed by atoms with Crippen LogP contribution < -0.4 is 10.6 Å². The van der Waals surface area contributed by atoms with Crippen LogP contribution in [0.5, 0.6) is 0 Å². The van der Waals surface area contributed by atoms with Crippen molar-refractivity contribution in [3.63, 3.8) is 0 Å². The first-order valence-electron chi connectivity index (χ1n) is 8.34. The van der Waals surface area contributed by atoms with Gasteiger partial charge in [0.1, 0.15) is 0 Å². The number of likely N-dealkylation sites (tertiary alicyclic amines) is 1. The predicted octanol–water partition coefficient (Wildman–Crippen LogP) is 1.13. The third-order valence-corrected chi connectivity index (χ3v) is 3.98. The molecule has 0 aromatic carbocycles. The van der Waals surface area contributed by atoms with Crippen LogP contribution in [-0.4, -0.2) is 55.1 Å². The Morgan fingerprint density at radius 2 is 1.78 bits per heavy atom. The predicted molar refractivity (Wildman–Crippen MR) is 86.8 cm³/mol. The Balaban J connectivity index is 2.37. The second kappa shape index (κ2) is 9.50. The average molecular weight is 327 g/mol. The smallest absolute Gasteiger partial charge is 0.321 e. The molecule has 1 saturated heterocycles. The van der Waals surface area contributed by atoms with Gasteiger partial charge in [-0.2, -0.15) is 0 Å². The van der Waals surface area contributed by atoms with E-state index in [4.69, 9.17) is 4.74 Å². The van der Waals surface area contributed by atoms with Crippen molar-refractivity contribution in [1.29, 1.82) is 0 Å². The molecule has 7 nitrogen and oxygen atoms in total. The lowest BCUT2D eigenvalue weighted by Gasteiger charge is -2.34. The minimum Gasteiger partial charge on any atom is -0.466 e. The highest BCUT2D eigenvalue weighted by molar-refractivity contribution is 5.96. The minimum atomic E-state index is -0.461. The van der Waals surface area contributed by atoms with Gasteiger partial charge in [0.2, 0.25) is 5.91 Å². The molecule has 1 heterocycles. The third kappa shape index (κ3) is 6.56. The zero-order valence-corrected chi connectivity index (χ0v) is 14.6. The zero-order valence-electron chi connectivity index (χ0n) is 14.6. The minimum absolute atomic E-state index is 0.0872. The number of esters is 1. The first-order valence-corrected chi connectivity index (χ1v) is 8.34. The van der Waals surface area contributed by atoms with Crippen LogP contribution in [0.25, 0.3) is 0 Å². The molecule has 0 aromatic heterocycles. The quantitative estimate of drug-likeness (QED) is 0.714. The Kier molecular flexibility index (Phi) is 8.02. The molecule has 1 rings (SSSR count). The highest BCUT2D eigenvalue weighted by atomic mass is 16.5. The normalized spacial score (nSPS) is 17.6. The first kappa shape index (κ1) is 19.4. The van der Waals surface area contributed by atoms with Crippen molar-refractivity contribution in [2.75, 3.05) is 26.2 Å². The number of nitrogens with one attached hydrogen (secondary N) is 2. The number of hydrogen-bond donors (Lipinski definition) is 2. The number of amides is 3. The van der Waals surface area contributed by atoms with Gasteiger partial charge in [0, 0.05) is 6.54 Å². The lowest BCUT2D eigenvalue weighted by molar-refractivity contribution is -0.149. The van der Waals surface area contributed by atoms with Gasteiger partial charge in [-0.1, -0.05) is 13.8 Å². The number of hydrogen-bond acceptors (Lipinski definition) is 5. The third-order valence-electron chi connectivity index (χ3n) is 3.98. The Labute approximate surface area is 138 Å². The van der Waals surface area contributed by atoms with Crippen LogP contribution in [0.3, 0.4) is 0 Å². The number of nitrogens with zero attached hydrogens (tertiary/aromatic N) is 1. The van der Waals surface area contributed by atoms with Crippen molar-refractivity contribution < 1.29 is 19.1 Å². The number of imide groups is 1. The summed E-state index contributed by atoms with van der Waals surface area (Å²) < 4.78 is 5.03. The fourth-order valence-electron chi connectivity index (χ4n) is 2.51. The van der Waals surface area contributed by atoms with E-state index in [1.807, 2.05) is 18.7 Å². The van der Waals surface area contributed by atoms with Gasteiger partial charge in [-0.25, -0.2) is 4.79 Å². The molecule has 1 unspecified atom stereocenters. The van der Waals surface area contributed by atoms with Gasteiger partial charge in [0.15, 0.2) is 0 Å². The highest BCUT2D eigenvalue weighted by Crippen LogP contribution is 2.20. The van der Waals surface area contributed by atoms with Crippen LogP contribution in [0.4, 0.5) is 4.79 Å². The molecule has 1 fully saturated rings. The maximum absolute atomic E-state index is 12.1. The van der Waals surface area contributed by atoms with Gasteiger partial charge < -0.3 is 10.1 Å². The lowest BCUT2D eigenvalue weighted by Crippen LogP contribution is -2.52. The molecule has 0 bridgehead atoms. The fraction of sp³-hybridized carbons (Fsp3) is 0.812. The van der Waals surface area contributed by atoms with E-state index in [1.165, 1.54) is 0 Å². The molecule has 0 radical (unpaired) electrons. The molecule has 0 spiro atoms. The van der Waals surface area contributed by atoms with E-state index in [0.717, 1.165) is 0 Å². The van der Waals surface area contributed by atoms with Gasteiger partial charge in [-0.05, 0) is 45.7 Å². The van der Waals surface area contributed by atoms with Crippen LogP contribution >= 0.6 is 0 Å². The maximum atomic E-state index is 12.1. The van der Waals surface area contributed by atoms with E-state index in [-0.39, 0.29) is 17.8 Å². The Bertz CT molecular complexity index is 418. The van der Waals surface area contributed by atoms with E-state index in [2.05, 4.69) is 10.6 Å². The molecule has 2 N–H and O–H groups in total. The highest BCUT2D eigenvalue weighted by Gasteiger charge is 2.30. The summed E-state index contributed by atoms with van der Waals surface area (Å²) in [6.07, 6.45) is 1.35. The van der Waals surface area contributed by atoms with Crippen molar-refractivity contribution in [2.45, 2.75) is 46.6 Å². The van der Waals surface area contributed by atoms with Crippen LogP contribution in [0.1, 0.15) is 40.5 Å². The van der Waals surface area contributed by atoms with Gasteiger partial charge in [0.05, 0.1) is 18.6 Å². The van der Waals surface area contributed by atoms with Gasteiger partial charge in [0.25, 0.3) is 0 Å². The Morgan fingerprint density at radius 1 is 1.17 bits per heavy atom. The van der Waals surface area contributed by atoms with E-state index >= 15 is 0 Å². The number of ether oxygens (including phenoxy) is 1. The van der Waals surface area contributed by atoms with E-state index in [9.17, 15) is 14.4 Å². The zero-order chi connectivity index (χ0) is 17.4. The molecule has 0 saturated carbocycles. The Morgan fingerprint density at radius 3 is 2.30 bits per heavy atom. The van der Waals surface area contributed by atoms with Gasteiger partial charge in [-0.3, -0.25) is 19.8 Å². The van der Waals surface area contributed by atoms with Crippen LogP contribution in [0, 0.1) is 11.8 Å². The molecule has 0 aliphatic carbocycles. The summed E-state index contributed by atoms with van der Waals surface area (Å²) in [5.74, 6) is -0.232. The number of carbonyl (C=O) groups excluding carboxylic acids is 3. The van der Waals surface area contributed by atoms with Crippen LogP contribution in [0.15, 0.2) is 0 Å². The summed E-state index contributed by atoms with van der Waals surface area (Å²) in [6, 6.07) is -0.861. The Hall–Kier alpha value is -1.63. The number of urea groups is 1. The summed E-state index contributed by atoms with van der Waals surface area (Å²) in [4.78, 5) is 37.4. The molecular formula is C16H29N3O4. The molecular weight excluding hydrogens is 298 g/mol. The first-order chi connectivity index (χ1) is 10.8. The number of piperidine rings is 1. The van der Waals surface area contributed by atoms with Crippen molar-refractivity contribution in [2.24, 2.45) is 11.8 Å². The maximum Gasteiger partial charge on any atom is 0.321 e. The number of rotatable bonds is 6. The van der Waals surface area contributed by atoms with Crippen molar-refractivity contribution in [3.05, 3.63) is 0 Å². The molecule has 7 heteroatoms. The van der Waals surface area contributed by atoms with E-state index < -0.39 is 12.1 Å². The average Bonchev–Trinajstić information content (AvgIpc) is 2.52.